The fraction of sp³-hybridized carbons (Fsp3) is 0.440. The van der Waals surface area contributed by atoms with Crippen LogP contribution in [0.25, 0.3) is 0 Å². The van der Waals surface area contributed by atoms with E-state index < -0.39 is 50.6 Å². The minimum atomic E-state index is -4.89. The van der Waals surface area contributed by atoms with Crippen LogP contribution >= 0.6 is 23.2 Å². The van der Waals surface area contributed by atoms with E-state index in [4.69, 9.17) is 32.8 Å². The van der Waals surface area contributed by atoms with Crippen LogP contribution in [-0.4, -0.2) is 35.8 Å². The Balaban J connectivity index is 1.41. The average Bonchev–Trinajstić information content (AvgIpc) is 3.37. The Hall–Kier alpha value is -2.36. The summed E-state index contributed by atoms with van der Waals surface area (Å²) in [6, 6.07) is 6.92. The molecule has 1 spiro atoms. The number of amides is 1. The molecule has 3 heterocycles. The molecule has 0 bridgehead atoms. The van der Waals surface area contributed by atoms with E-state index in [1.165, 1.54) is 0 Å². The summed E-state index contributed by atoms with van der Waals surface area (Å²) in [4.78, 5) is 19.3. The van der Waals surface area contributed by atoms with E-state index in [0.717, 1.165) is 23.3 Å². The highest BCUT2D eigenvalue weighted by atomic mass is 35.5. The van der Waals surface area contributed by atoms with Crippen molar-refractivity contribution in [3.63, 3.8) is 0 Å². The minimum absolute atomic E-state index is 0.0312. The maximum atomic E-state index is 14.3. The second-order valence-corrected chi connectivity index (χ2v) is 11.3. The van der Waals surface area contributed by atoms with Gasteiger partial charge in [0, 0.05) is 17.4 Å². The van der Waals surface area contributed by atoms with Gasteiger partial charge in [0.05, 0.1) is 35.5 Å². The molecule has 0 aromatic heterocycles. The third-order valence-corrected chi connectivity index (χ3v) is 7.44. The first-order valence-corrected chi connectivity index (χ1v) is 12.0. The SMILES string of the molecule is CC(C)(C)C(=O)N1CC2(C1)OCc1cc(C3=NOC(c4cc(Cl)c(F)c(Cl)c4)(C(F)(F)F)C3)ccc12. The normalized spacial score (nSPS) is 22.8. The molecule has 3 aliphatic rings. The number of carbonyl (C=O) groups is 1. The van der Waals surface area contributed by atoms with Gasteiger partial charge in [-0.15, -0.1) is 0 Å². The van der Waals surface area contributed by atoms with E-state index in [-0.39, 0.29) is 18.2 Å². The molecule has 5 rings (SSSR count). The van der Waals surface area contributed by atoms with Crippen LogP contribution in [0.5, 0.6) is 0 Å². The van der Waals surface area contributed by atoms with E-state index in [1.807, 2.05) is 20.8 Å². The van der Waals surface area contributed by atoms with Crippen molar-refractivity contribution < 1.29 is 31.9 Å². The molecule has 3 aliphatic heterocycles. The van der Waals surface area contributed by atoms with Crippen molar-refractivity contribution in [1.29, 1.82) is 0 Å². The predicted octanol–water partition coefficient (Wildman–Crippen LogP) is 6.33. The lowest BCUT2D eigenvalue weighted by Crippen LogP contribution is -2.63. The highest BCUT2D eigenvalue weighted by Crippen LogP contribution is 2.51. The predicted molar refractivity (Wildman–Crippen MR) is 125 cm³/mol. The van der Waals surface area contributed by atoms with Crippen LogP contribution in [0.1, 0.15) is 49.4 Å². The van der Waals surface area contributed by atoms with Crippen molar-refractivity contribution in [2.75, 3.05) is 13.1 Å². The van der Waals surface area contributed by atoms with Crippen molar-refractivity contribution in [1.82, 2.24) is 4.90 Å². The molecule has 192 valence electrons. The lowest BCUT2D eigenvalue weighted by molar-refractivity contribution is -0.275. The van der Waals surface area contributed by atoms with Crippen LogP contribution in [0.2, 0.25) is 10.0 Å². The van der Waals surface area contributed by atoms with Crippen LogP contribution in [0, 0.1) is 11.2 Å². The summed E-state index contributed by atoms with van der Waals surface area (Å²) >= 11 is 11.5. The van der Waals surface area contributed by atoms with E-state index >= 15 is 0 Å². The molecule has 0 saturated carbocycles. The number of alkyl halides is 3. The molecule has 2 aromatic rings. The number of hydrogen-bond donors (Lipinski definition) is 0. The van der Waals surface area contributed by atoms with E-state index in [1.54, 1.807) is 23.1 Å². The van der Waals surface area contributed by atoms with Gasteiger partial charge in [-0.05, 0) is 34.9 Å². The van der Waals surface area contributed by atoms with Gasteiger partial charge in [-0.2, -0.15) is 13.2 Å². The molecule has 1 saturated heterocycles. The number of hydrogen-bond acceptors (Lipinski definition) is 4. The van der Waals surface area contributed by atoms with E-state index in [9.17, 15) is 22.4 Å². The van der Waals surface area contributed by atoms with Gasteiger partial charge >= 0.3 is 6.18 Å². The summed E-state index contributed by atoms with van der Waals surface area (Å²) in [5, 5.41) is 2.68. The van der Waals surface area contributed by atoms with Crippen LogP contribution in [0.3, 0.4) is 0 Å². The average molecular weight is 545 g/mol. The Labute approximate surface area is 214 Å². The number of ether oxygens (including phenoxy) is 1. The maximum absolute atomic E-state index is 14.3. The van der Waals surface area contributed by atoms with Gasteiger partial charge in [0.1, 0.15) is 5.60 Å². The molecule has 0 aliphatic carbocycles. The Bertz CT molecular complexity index is 1280. The second kappa shape index (κ2) is 8.07. The molecule has 36 heavy (non-hydrogen) atoms. The number of likely N-dealkylation sites (tertiary alicyclic amines) is 1. The maximum Gasteiger partial charge on any atom is 0.435 e. The number of halogens is 6. The smallest absolute Gasteiger partial charge is 0.374 e. The van der Waals surface area contributed by atoms with Gasteiger partial charge in [-0.3, -0.25) is 4.79 Å². The zero-order valence-corrected chi connectivity index (χ0v) is 21.1. The monoisotopic (exact) mass is 544 g/mol. The summed E-state index contributed by atoms with van der Waals surface area (Å²) in [7, 11) is 0. The van der Waals surface area contributed by atoms with Crippen molar-refractivity contribution in [3.05, 3.63) is 68.4 Å². The Morgan fingerprint density at radius 3 is 2.31 bits per heavy atom. The molecule has 1 fully saturated rings. The summed E-state index contributed by atoms with van der Waals surface area (Å²) < 4.78 is 62.8. The third kappa shape index (κ3) is 3.78. The largest absolute Gasteiger partial charge is 0.435 e. The van der Waals surface area contributed by atoms with E-state index in [2.05, 4.69) is 5.16 Å². The third-order valence-electron chi connectivity index (χ3n) is 6.89. The fourth-order valence-corrected chi connectivity index (χ4v) is 5.41. The lowest BCUT2D eigenvalue weighted by atomic mass is 9.81. The summed E-state index contributed by atoms with van der Waals surface area (Å²) in [5.41, 5.74) is -2.17. The minimum Gasteiger partial charge on any atom is -0.374 e. The fourth-order valence-electron chi connectivity index (χ4n) is 4.93. The Kier molecular flexibility index (Phi) is 5.67. The Morgan fingerprint density at radius 1 is 1.08 bits per heavy atom. The first kappa shape index (κ1) is 25.3. The lowest BCUT2D eigenvalue weighted by Gasteiger charge is -2.49. The van der Waals surface area contributed by atoms with E-state index in [0.29, 0.717) is 18.7 Å². The molecule has 2 aromatic carbocycles. The van der Waals surface area contributed by atoms with Crippen molar-refractivity contribution in [2.45, 2.75) is 51.2 Å². The van der Waals surface area contributed by atoms with Crippen LogP contribution < -0.4 is 0 Å². The number of benzene rings is 2. The molecule has 1 amide bonds. The first-order valence-electron chi connectivity index (χ1n) is 11.2. The van der Waals surface area contributed by atoms with Crippen LogP contribution in [0.4, 0.5) is 17.6 Å². The Morgan fingerprint density at radius 2 is 1.72 bits per heavy atom. The van der Waals surface area contributed by atoms with Gasteiger partial charge in [0.2, 0.25) is 5.91 Å². The highest BCUT2D eigenvalue weighted by molar-refractivity contribution is 6.35. The van der Waals surface area contributed by atoms with Crippen molar-refractivity contribution in [2.24, 2.45) is 10.6 Å². The number of oxime groups is 1. The van der Waals surface area contributed by atoms with Gasteiger partial charge in [0.15, 0.2) is 5.82 Å². The quantitative estimate of drug-likeness (QED) is 0.328. The highest BCUT2D eigenvalue weighted by Gasteiger charge is 2.62. The van der Waals surface area contributed by atoms with Crippen LogP contribution in [-0.2, 0) is 32.2 Å². The molecule has 0 radical (unpaired) electrons. The molecular formula is C25H22Cl2F4N2O3. The van der Waals surface area contributed by atoms with Crippen molar-refractivity contribution in [3.8, 4) is 0 Å². The number of fused-ring (bicyclic) bond motifs is 2. The number of nitrogens with zero attached hydrogens (tertiary/aromatic N) is 2. The molecular weight excluding hydrogens is 523 g/mol. The zero-order valence-electron chi connectivity index (χ0n) is 19.6. The molecule has 1 atom stereocenters. The van der Waals surface area contributed by atoms with Gasteiger partial charge in [-0.1, -0.05) is 61.3 Å². The topological polar surface area (TPSA) is 51.1 Å². The number of carbonyl (C=O) groups excluding carboxylic acids is 1. The molecule has 0 N–H and O–H groups in total. The van der Waals surface area contributed by atoms with Gasteiger partial charge < -0.3 is 14.5 Å². The number of rotatable bonds is 2. The summed E-state index contributed by atoms with van der Waals surface area (Å²) in [6.45, 7) is 6.67. The first-order chi connectivity index (χ1) is 16.7. The van der Waals surface area contributed by atoms with Gasteiger partial charge in [0.25, 0.3) is 5.60 Å². The molecule has 11 heteroatoms. The standard InChI is InChI=1S/C25H22Cl2F4N2O3/c1-22(2,3)21(34)33-11-23(12-33)16-5-4-13(6-14(16)10-35-23)19-9-24(36-32-19,25(29,30)31)15-7-17(26)20(28)18(27)8-15/h4-8H,9-12H2,1-3H3. The summed E-state index contributed by atoms with van der Waals surface area (Å²) in [6.07, 6.45) is -5.53. The van der Waals surface area contributed by atoms with Crippen LogP contribution in [0.15, 0.2) is 35.5 Å². The second-order valence-electron chi connectivity index (χ2n) is 10.5. The zero-order chi connectivity index (χ0) is 26.3. The van der Waals surface area contributed by atoms with Gasteiger partial charge in [-0.25, -0.2) is 4.39 Å². The molecule has 1 unspecified atom stereocenters. The summed E-state index contributed by atoms with van der Waals surface area (Å²) in [5.74, 6) is -0.978. The molecule has 5 nitrogen and oxygen atoms in total. The van der Waals surface area contributed by atoms with Crippen molar-refractivity contribution >= 4 is 34.8 Å².